The third-order valence-electron chi connectivity index (χ3n) is 9.51. The van der Waals surface area contributed by atoms with Crippen LogP contribution in [0.15, 0.2) is 64.6 Å². The van der Waals surface area contributed by atoms with Crippen LogP contribution >= 0.6 is 0 Å². The molecule has 0 spiro atoms. The van der Waals surface area contributed by atoms with Gasteiger partial charge in [-0.1, -0.05) is 6.07 Å². The van der Waals surface area contributed by atoms with E-state index in [9.17, 15) is 19.2 Å². The van der Waals surface area contributed by atoms with Crippen LogP contribution in [0.2, 0.25) is 0 Å². The molecule has 1 aliphatic heterocycles. The SMILES string of the molecule is COc1cc(-c2cn(C)c(=O)c3cnccc23)cc(OC)c1CN(C)CCOCCOCCNc1cccc2nc(C)n(C3CCC(=O)NC3=O)c(=O)c12. The lowest BCUT2D eigenvalue weighted by Crippen LogP contribution is -2.45. The number of fused-ring (bicyclic) bond motifs is 2. The Morgan fingerprint density at radius 1 is 0.963 bits per heavy atom. The van der Waals surface area contributed by atoms with Crippen LogP contribution in [0.5, 0.6) is 11.5 Å². The van der Waals surface area contributed by atoms with Crippen LogP contribution in [0, 0.1) is 6.92 Å². The van der Waals surface area contributed by atoms with Crippen molar-refractivity contribution in [1.82, 2.24) is 29.3 Å². The van der Waals surface area contributed by atoms with E-state index in [1.807, 2.05) is 37.5 Å². The van der Waals surface area contributed by atoms with Gasteiger partial charge in [0, 0.05) is 62.9 Å². The number of carbonyl (C=O) groups is 2. The fourth-order valence-corrected chi connectivity index (χ4v) is 6.78. The highest BCUT2D eigenvalue weighted by atomic mass is 16.5. The molecule has 0 aliphatic carbocycles. The number of anilines is 1. The van der Waals surface area contributed by atoms with Crippen LogP contribution < -0.4 is 31.2 Å². The first-order valence-electron chi connectivity index (χ1n) is 17.7. The summed E-state index contributed by atoms with van der Waals surface area (Å²) in [5.74, 6) is 0.913. The van der Waals surface area contributed by atoms with Crippen LogP contribution in [0.4, 0.5) is 5.69 Å². The summed E-state index contributed by atoms with van der Waals surface area (Å²) in [6.07, 6.45) is 5.49. The molecule has 4 heterocycles. The highest BCUT2D eigenvalue weighted by molar-refractivity contribution is 6.00. The van der Waals surface area contributed by atoms with Gasteiger partial charge in [0.1, 0.15) is 23.4 Å². The zero-order valence-electron chi connectivity index (χ0n) is 31.1. The smallest absolute Gasteiger partial charge is 0.264 e. The Bertz CT molecular complexity index is 2280. The molecule has 1 unspecified atom stereocenters. The van der Waals surface area contributed by atoms with Crippen LogP contribution in [-0.2, 0) is 32.7 Å². The topological polar surface area (TPSA) is 168 Å². The number of likely N-dealkylation sites (N-methyl/N-ethyl adjacent to an activating group) is 1. The number of hydrogen-bond donors (Lipinski definition) is 2. The van der Waals surface area contributed by atoms with Gasteiger partial charge in [0.25, 0.3) is 11.1 Å². The standard InChI is InChI=1S/C39H45N7O8/c1-24-42-31-8-6-7-30(36(31)39(50)46(24)32-9-10-35(47)43-37(32)48)41-13-15-53-17-18-54-16-14-44(2)22-29-33(51-4)19-25(20-34(29)52-5)28-23-45(3)38(49)27-21-40-12-11-26(27)28/h6-8,11-12,19-21,23,32,41H,9-10,13-18,22H2,1-5H3,(H,43,47,48). The first-order chi connectivity index (χ1) is 26.1. The predicted molar refractivity (Wildman–Crippen MR) is 204 cm³/mol. The van der Waals surface area contributed by atoms with E-state index in [4.69, 9.17) is 18.9 Å². The summed E-state index contributed by atoms with van der Waals surface area (Å²) in [6, 6.07) is 10.3. The minimum Gasteiger partial charge on any atom is -0.496 e. The number of pyridine rings is 2. The first kappa shape index (κ1) is 38.1. The zero-order valence-corrected chi connectivity index (χ0v) is 31.1. The molecular formula is C39H45N7O8. The lowest BCUT2D eigenvalue weighted by atomic mass is 9.99. The van der Waals surface area contributed by atoms with Gasteiger partial charge >= 0.3 is 0 Å². The molecule has 1 saturated heterocycles. The van der Waals surface area contributed by atoms with E-state index in [1.54, 1.807) is 57.3 Å². The highest BCUT2D eigenvalue weighted by Crippen LogP contribution is 2.37. The van der Waals surface area contributed by atoms with Gasteiger partial charge in [-0.2, -0.15) is 0 Å². The number of benzene rings is 2. The van der Waals surface area contributed by atoms with Gasteiger partial charge in [-0.3, -0.25) is 38.9 Å². The second-order valence-corrected chi connectivity index (χ2v) is 13.1. The van der Waals surface area contributed by atoms with Crippen LogP contribution in [0.1, 0.15) is 30.3 Å². The number of nitrogens with zero attached hydrogens (tertiary/aromatic N) is 5. The highest BCUT2D eigenvalue weighted by Gasteiger charge is 2.31. The summed E-state index contributed by atoms with van der Waals surface area (Å²) in [6.45, 7) is 4.99. The molecule has 2 aromatic carbocycles. The second kappa shape index (κ2) is 17.0. The van der Waals surface area contributed by atoms with Gasteiger partial charge < -0.3 is 28.8 Å². The molecule has 0 saturated carbocycles. The molecule has 54 heavy (non-hydrogen) atoms. The van der Waals surface area contributed by atoms with Crippen molar-refractivity contribution in [1.29, 1.82) is 0 Å². The molecule has 0 radical (unpaired) electrons. The van der Waals surface area contributed by atoms with Crippen LogP contribution in [0.3, 0.4) is 0 Å². The van der Waals surface area contributed by atoms with Gasteiger partial charge in [-0.05, 0) is 61.7 Å². The third-order valence-corrected chi connectivity index (χ3v) is 9.51. The van der Waals surface area contributed by atoms with Crippen molar-refractivity contribution in [3.05, 3.63) is 87.1 Å². The Morgan fingerprint density at radius 3 is 2.43 bits per heavy atom. The molecule has 1 fully saturated rings. The molecule has 2 amide bonds. The Kier molecular flexibility index (Phi) is 12.0. The summed E-state index contributed by atoms with van der Waals surface area (Å²) in [5, 5.41) is 7.30. The fraction of sp³-hybridized carbons (Fsp3) is 0.385. The quantitative estimate of drug-likeness (QED) is 0.112. The summed E-state index contributed by atoms with van der Waals surface area (Å²) in [4.78, 5) is 61.4. The predicted octanol–water partition coefficient (Wildman–Crippen LogP) is 3.19. The number of methoxy groups -OCH3 is 2. The summed E-state index contributed by atoms with van der Waals surface area (Å²) in [7, 11) is 6.98. The molecule has 15 heteroatoms. The number of aromatic nitrogens is 4. The van der Waals surface area contributed by atoms with Crippen molar-refractivity contribution < 1.29 is 28.5 Å². The molecule has 284 valence electrons. The Hall–Kier alpha value is -5.64. The number of carbonyl (C=O) groups excluding carboxylic acids is 2. The van der Waals surface area contributed by atoms with E-state index in [2.05, 4.69) is 25.5 Å². The van der Waals surface area contributed by atoms with Gasteiger partial charge in [0.05, 0.1) is 62.5 Å². The normalized spacial score (nSPS) is 14.5. The molecule has 2 N–H and O–H groups in total. The molecule has 15 nitrogen and oxygen atoms in total. The van der Waals surface area contributed by atoms with Crippen molar-refractivity contribution in [3.8, 4) is 22.6 Å². The van der Waals surface area contributed by atoms with Crippen molar-refractivity contribution in [2.24, 2.45) is 7.05 Å². The number of hydrogen-bond acceptors (Lipinski definition) is 12. The molecule has 5 aromatic rings. The van der Waals surface area contributed by atoms with E-state index in [-0.39, 0.29) is 29.9 Å². The van der Waals surface area contributed by atoms with Gasteiger partial charge in [-0.15, -0.1) is 0 Å². The lowest BCUT2D eigenvalue weighted by molar-refractivity contribution is -0.135. The summed E-state index contributed by atoms with van der Waals surface area (Å²) >= 11 is 0. The monoisotopic (exact) mass is 739 g/mol. The van der Waals surface area contributed by atoms with Crippen LogP contribution in [-0.4, -0.2) is 96.6 Å². The largest absolute Gasteiger partial charge is 0.496 e. The molecule has 1 aliphatic rings. The Balaban J connectivity index is 0.980. The lowest BCUT2D eigenvalue weighted by Gasteiger charge is -2.24. The third kappa shape index (κ3) is 8.12. The maximum atomic E-state index is 13.6. The zero-order chi connectivity index (χ0) is 38.4. The maximum absolute atomic E-state index is 13.6. The van der Waals surface area contributed by atoms with E-state index in [0.29, 0.717) is 85.4 Å². The fourth-order valence-electron chi connectivity index (χ4n) is 6.78. The second-order valence-electron chi connectivity index (χ2n) is 13.1. The van der Waals surface area contributed by atoms with Crippen molar-refractivity contribution in [3.63, 3.8) is 0 Å². The Labute approximate surface area is 311 Å². The van der Waals surface area contributed by atoms with E-state index >= 15 is 0 Å². The summed E-state index contributed by atoms with van der Waals surface area (Å²) in [5.41, 5.74) is 3.29. The van der Waals surface area contributed by atoms with Crippen LogP contribution in [0.25, 0.3) is 32.8 Å². The number of aryl methyl sites for hydroxylation is 2. The number of nitrogens with one attached hydrogen (secondary N) is 2. The number of imide groups is 1. The minimum absolute atomic E-state index is 0.112. The molecule has 6 rings (SSSR count). The number of amides is 2. The van der Waals surface area contributed by atoms with Gasteiger partial charge in [0.15, 0.2) is 0 Å². The van der Waals surface area contributed by atoms with Crippen molar-refractivity contribution in [2.45, 2.75) is 32.4 Å². The van der Waals surface area contributed by atoms with Gasteiger partial charge in [0.2, 0.25) is 11.8 Å². The summed E-state index contributed by atoms with van der Waals surface area (Å²) < 4.78 is 26.2. The Morgan fingerprint density at radius 2 is 1.70 bits per heavy atom. The molecule has 3 aromatic heterocycles. The van der Waals surface area contributed by atoms with E-state index in [0.717, 1.165) is 22.1 Å². The number of piperidine rings is 1. The van der Waals surface area contributed by atoms with E-state index in [1.165, 1.54) is 4.57 Å². The van der Waals surface area contributed by atoms with Crippen molar-refractivity contribution >= 4 is 39.2 Å². The van der Waals surface area contributed by atoms with Gasteiger partial charge in [-0.25, -0.2) is 4.98 Å². The average Bonchev–Trinajstić information content (AvgIpc) is 3.16. The molecule has 1 atom stereocenters. The minimum atomic E-state index is -0.792. The molecule has 0 bridgehead atoms. The molecular weight excluding hydrogens is 694 g/mol. The van der Waals surface area contributed by atoms with Crippen molar-refractivity contribution in [2.75, 3.05) is 66.1 Å². The van der Waals surface area contributed by atoms with E-state index < -0.39 is 11.9 Å². The number of ether oxygens (including phenoxy) is 4. The first-order valence-corrected chi connectivity index (χ1v) is 17.7. The average molecular weight is 740 g/mol. The maximum Gasteiger partial charge on any atom is 0.264 e. The number of rotatable bonds is 16.